The van der Waals surface area contributed by atoms with Crippen molar-refractivity contribution in [1.29, 1.82) is 0 Å². The SMILES string of the molecule is CC(=O)N1CCC[C@H](NS(C)(=O)=O)[C@@H]1CO[C@H]1CC[C@@H](C(C)(C)F)CC1. The van der Waals surface area contributed by atoms with Crippen molar-refractivity contribution in [3.8, 4) is 0 Å². The number of nitrogens with zero attached hydrogens (tertiary/aromatic N) is 1. The minimum atomic E-state index is -3.36. The van der Waals surface area contributed by atoms with Crippen molar-refractivity contribution in [2.75, 3.05) is 19.4 Å². The van der Waals surface area contributed by atoms with Crippen molar-refractivity contribution in [3.05, 3.63) is 0 Å². The molecule has 8 heteroatoms. The summed E-state index contributed by atoms with van der Waals surface area (Å²) in [5.74, 6) is -0.00751. The largest absolute Gasteiger partial charge is 0.376 e. The molecule has 1 amide bonds. The van der Waals surface area contributed by atoms with E-state index in [0.29, 0.717) is 19.6 Å². The standard InChI is InChI=1S/C18H33FN2O4S/c1-13(22)21-11-5-6-16(20-26(4,23)24)17(21)12-25-15-9-7-14(8-10-15)18(2,3)19/h14-17,20H,5-12H2,1-4H3/t14-,15+,16-,17-/m0/s1. The topological polar surface area (TPSA) is 75.7 Å². The summed E-state index contributed by atoms with van der Waals surface area (Å²) in [6.07, 6.45) is 5.82. The predicted molar refractivity (Wildman–Crippen MR) is 99.1 cm³/mol. The zero-order valence-corrected chi connectivity index (χ0v) is 17.1. The van der Waals surface area contributed by atoms with Crippen LogP contribution in [0.5, 0.6) is 0 Å². The van der Waals surface area contributed by atoms with Gasteiger partial charge < -0.3 is 9.64 Å². The Hall–Kier alpha value is -0.730. The van der Waals surface area contributed by atoms with Crippen LogP contribution < -0.4 is 4.72 Å². The molecule has 2 fully saturated rings. The molecular formula is C18H33FN2O4S. The number of carbonyl (C=O) groups excluding carboxylic acids is 1. The molecule has 1 N–H and O–H groups in total. The Morgan fingerprint density at radius 3 is 2.35 bits per heavy atom. The monoisotopic (exact) mass is 392 g/mol. The highest BCUT2D eigenvalue weighted by molar-refractivity contribution is 7.88. The van der Waals surface area contributed by atoms with Gasteiger partial charge in [-0.15, -0.1) is 0 Å². The molecule has 0 radical (unpaired) electrons. The summed E-state index contributed by atoms with van der Waals surface area (Å²) in [6.45, 7) is 5.69. The lowest BCUT2D eigenvalue weighted by Crippen LogP contribution is -2.58. The molecule has 6 nitrogen and oxygen atoms in total. The van der Waals surface area contributed by atoms with Crippen LogP contribution in [-0.2, 0) is 19.6 Å². The van der Waals surface area contributed by atoms with Crippen LogP contribution in [0.15, 0.2) is 0 Å². The summed E-state index contributed by atoms with van der Waals surface area (Å²) in [5.41, 5.74) is -1.16. The van der Waals surface area contributed by atoms with Gasteiger partial charge in [-0.05, 0) is 58.3 Å². The van der Waals surface area contributed by atoms with Crippen LogP contribution >= 0.6 is 0 Å². The minimum absolute atomic E-state index is 0.0446. The molecule has 2 aliphatic rings. The second kappa shape index (κ2) is 8.52. The predicted octanol–water partition coefficient (Wildman–Crippen LogP) is 2.24. The molecular weight excluding hydrogens is 359 g/mol. The van der Waals surface area contributed by atoms with Crippen molar-refractivity contribution in [1.82, 2.24) is 9.62 Å². The first kappa shape index (κ1) is 21.6. The van der Waals surface area contributed by atoms with E-state index in [2.05, 4.69) is 4.72 Å². The van der Waals surface area contributed by atoms with Crippen LogP contribution in [-0.4, -0.2) is 62.5 Å². The number of sulfonamides is 1. The normalized spacial score (nSPS) is 31.0. The lowest BCUT2D eigenvalue weighted by Gasteiger charge is -2.42. The molecule has 0 bridgehead atoms. The summed E-state index contributed by atoms with van der Waals surface area (Å²) in [4.78, 5) is 13.7. The zero-order chi connectivity index (χ0) is 19.5. The van der Waals surface area contributed by atoms with Gasteiger partial charge in [0.1, 0.15) is 5.67 Å². The highest BCUT2D eigenvalue weighted by Crippen LogP contribution is 2.36. The molecule has 26 heavy (non-hydrogen) atoms. The average molecular weight is 393 g/mol. The number of hydrogen-bond donors (Lipinski definition) is 1. The van der Waals surface area contributed by atoms with Gasteiger partial charge in [0.2, 0.25) is 15.9 Å². The van der Waals surface area contributed by atoms with Gasteiger partial charge in [-0.25, -0.2) is 17.5 Å². The number of ether oxygens (including phenoxy) is 1. The summed E-state index contributed by atoms with van der Waals surface area (Å²) in [5, 5.41) is 0. The lowest BCUT2D eigenvalue weighted by molar-refractivity contribution is -0.136. The second-order valence-electron chi connectivity index (χ2n) is 8.29. The average Bonchev–Trinajstić information content (AvgIpc) is 2.51. The number of amides is 1. The number of piperidine rings is 1. The number of hydrogen-bond acceptors (Lipinski definition) is 4. The van der Waals surface area contributed by atoms with E-state index in [1.807, 2.05) is 0 Å². The Bertz CT molecular complexity index is 582. The maximum absolute atomic E-state index is 14.1. The molecule has 152 valence electrons. The number of alkyl halides is 1. The molecule has 1 saturated carbocycles. The fourth-order valence-corrected chi connectivity index (χ4v) is 5.04. The van der Waals surface area contributed by atoms with E-state index in [4.69, 9.17) is 4.74 Å². The third kappa shape index (κ3) is 6.16. The van der Waals surface area contributed by atoms with Crippen molar-refractivity contribution >= 4 is 15.9 Å². The number of halogens is 1. The first-order chi connectivity index (χ1) is 12.0. The summed E-state index contributed by atoms with van der Waals surface area (Å²) in [7, 11) is -3.36. The number of carbonyl (C=O) groups is 1. The third-order valence-corrected chi connectivity index (χ3v) is 6.43. The van der Waals surface area contributed by atoms with Gasteiger partial charge in [-0.1, -0.05) is 0 Å². The van der Waals surface area contributed by atoms with E-state index in [-0.39, 0.29) is 30.0 Å². The van der Waals surface area contributed by atoms with Crippen LogP contribution in [0, 0.1) is 5.92 Å². The molecule has 0 aromatic heterocycles. The molecule has 0 aromatic rings. The van der Waals surface area contributed by atoms with Gasteiger partial charge in [0, 0.05) is 19.5 Å². The van der Waals surface area contributed by atoms with Gasteiger partial charge in [0.05, 0.1) is 25.0 Å². The van der Waals surface area contributed by atoms with E-state index in [0.717, 1.165) is 38.4 Å². The number of likely N-dealkylation sites (tertiary alicyclic amines) is 1. The van der Waals surface area contributed by atoms with Gasteiger partial charge in [0.25, 0.3) is 0 Å². The Balaban J connectivity index is 1.95. The zero-order valence-electron chi connectivity index (χ0n) is 16.3. The molecule has 1 heterocycles. The van der Waals surface area contributed by atoms with Crippen LogP contribution in [0.2, 0.25) is 0 Å². The first-order valence-corrected chi connectivity index (χ1v) is 11.4. The van der Waals surface area contributed by atoms with E-state index < -0.39 is 15.7 Å². The Kier molecular flexibility index (Phi) is 7.07. The number of rotatable bonds is 6. The van der Waals surface area contributed by atoms with Crippen molar-refractivity contribution < 1.29 is 22.3 Å². The smallest absolute Gasteiger partial charge is 0.219 e. The molecule has 1 saturated heterocycles. The first-order valence-electron chi connectivity index (χ1n) is 9.52. The van der Waals surface area contributed by atoms with Gasteiger partial charge >= 0.3 is 0 Å². The molecule has 0 unspecified atom stereocenters. The van der Waals surface area contributed by atoms with Crippen LogP contribution in [0.1, 0.15) is 59.3 Å². The lowest BCUT2D eigenvalue weighted by atomic mass is 9.79. The second-order valence-corrected chi connectivity index (χ2v) is 10.1. The Morgan fingerprint density at radius 2 is 1.85 bits per heavy atom. The maximum atomic E-state index is 14.1. The van der Waals surface area contributed by atoms with Gasteiger partial charge in [0.15, 0.2) is 0 Å². The molecule has 2 atom stereocenters. The summed E-state index contributed by atoms with van der Waals surface area (Å²) < 4.78 is 46.1. The Labute approximate surface area is 156 Å². The third-order valence-electron chi connectivity index (χ3n) is 5.70. The number of nitrogens with one attached hydrogen (secondary N) is 1. The highest BCUT2D eigenvalue weighted by Gasteiger charge is 2.37. The van der Waals surface area contributed by atoms with Gasteiger partial charge in [-0.3, -0.25) is 4.79 Å². The maximum Gasteiger partial charge on any atom is 0.219 e. The van der Waals surface area contributed by atoms with Crippen molar-refractivity contribution in [3.63, 3.8) is 0 Å². The molecule has 0 spiro atoms. The molecule has 0 aromatic carbocycles. The van der Waals surface area contributed by atoms with Crippen LogP contribution in [0.3, 0.4) is 0 Å². The van der Waals surface area contributed by atoms with E-state index in [1.54, 1.807) is 18.7 Å². The highest BCUT2D eigenvalue weighted by atomic mass is 32.2. The molecule has 2 rings (SSSR count). The van der Waals surface area contributed by atoms with Crippen LogP contribution in [0.25, 0.3) is 0 Å². The van der Waals surface area contributed by atoms with Gasteiger partial charge in [-0.2, -0.15) is 0 Å². The summed E-state index contributed by atoms with van der Waals surface area (Å²) in [6, 6.07) is -0.630. The molecule has 1 aliphatic heterocycles. The van der Waals surface area contributed by atoms with E-state index >= 15 is 0 Å². The van der Waals surface area contributed by atoms with E-state index in [1.165, 1.54) is 6.92 Å². The quantitative estimate of drug-likeness (QED) is 0.752. The molecule has 1 aliphatic carbocycles. The minimum Gasteiger partial charge on any atom is -0.376 e. The van der Waals surface area contributed by atoms with E-state index in [9.17, 15) is 17.6 Å². The van der Waals surface area contributed by atoms with Crippen molar-refractivity contribution in [2.24, 2.45) is 5.92 Å². The Morgan fingerprint density at radius 1 is 1.23 bits per heavy atom. The van der Waals surface area contributed by atoms with Crippen molar-refractivity contribution in [2.45, 2.75) is 83.2 Å². The fraction of sp³-hybridized carbons (Fsp3) is 0.944. The summed E-state index contributed by atoms with van der Waals surface area (Å²) >= 11 is 0. The van der Waals surface area contributed by atoms with Crippen LogP contribution in [0.4, 0.5) is 4.39 Å². The fourth-order valence-electron chi connectivity index (χ4n) is 4.22.